The summed E-state index contributed by atoms with van der Waals surface area (Å²) in [6.07, 6.45) is 1.35. The molecule has 2 aliphatic rings. The van der Waals surface area contributed by atoms with Gasteiger partial charge >= 0.3 is 0 Å². The number of H-pyrrole nitrogens is 1. The molecule has 31 heavy (non-hydrogen) atoms. The highest BCUT2D eigenvalue weighted by atomic mass is 79.9. The van der Waals surface area contributed by atoms with Gasteiger partial charge in [0.2, 0.25) is 5.91 Å². The van der Waals surface area contributed by atoms with Crippen LogP contribution >= 0.6 is 27.5 Å². The summed E-state index contributed by atoms with van der Waals surface area (Å²) in [7, 11) is 0. The molecular weight excluding hydrogens is 480 g/mol. The molecule has 0 bridgehead atoms. The molecule has 3 aromatic rings. The molecule has 5 rings (SSSR count). The van der Waals surface area contributed by atoms with Crippen molar-refractivity contribution < 1.29 is 9.59 Å². The number of hydrogen-bond acceptors (Lipinski definition) is 3. The predicted octanol–water partition coefficient (Wildman–Crippen LogP) is 4.78. The van der Waals surface area contributed by atoms with Crippen LogP contribution in [0.1, 0.15) is 34.5 Å². The van der Waals surface area contributed by atoms with Crippen LogP contribution in [-0.4, -0.2) is 34.8 Å². The number of halogens is 2. The SMILES string of the molecule is N#CCc1cc(Cl)cc2cc(C(=O)N3CCC4(CC3)C(=O)Nc3ccc(Br)cc34)[nH]c12. The van der Waals surface area contributed by atoms with E-state index in [-0.39, 0.29) is 18.2 Å². The lowest BCUT2D eigenvalue weighted by Crippen LogP contribution is -2.48. The molecule has 8 heteroatoms. The fourth-order valence-electron chi connectivity index (χ4n) is 4.76. The van der Waals surface area contributed by atoms with Crippen molar-refractivity contribution in [1.29, 1.82) is 5.26 Å². The Morgan fingerprint density at radius 2 is 2.00 bits per heavy atom. The third-order valence-electron chi connectivity index (χ3n) is 6.36. The minimum Gasteiger partial charge on any atom is -0.350 e. The number of carbonyl (C=O) groups is 2. The molecule has 0 saturated carbocycles. The van der Waals surface area contributed by atoms with Gasteiger partial charge in [0.15, 0.2) is 0 Å². The number of aromatic amines is 1. The van der Waals surface area contributed by atoms with Crippen LogP contribution in [0.3, 0.4) is 0 Å². The standard InChI is InChI=1S/C23H18BrClN4O2/c24-15-1-2-18-17(12-15)23(22(31)28-18)4-7-29(8-5-23)21(30)19-11-14-10-16(25)9-13(3-6-26)20(14)27-19/h1-2,9-12,27H,3-5,7-8H2,(H,28,31). The molecular formula is C23H18BrClN4O2. The van der Waals surface area contributed by atoms with Crippen molar-refractivity contribution in [2.75, 3.05) is 18.4 Å². The van der Waals surface area contributed by atoms with Crippen LogP contribution < -0.4 is 5.32 Å². The maximum Gasteiger partial charge on any atom is 0.270 e. The van der Waals surface area contributed by atoms with Crippen molar-refractivity contribution in [3.05, 3.63) is 62.7 Å². The summed E-state index contributed by atoms with van der Waals surface area (Å²) in [4.78, 5) is 31.0. The van der Waals surface area contributed by atoms with Gasteiger partial charge in [-0.15, -0.1) is 0 Å². The van der Waals surface area contributed by atoms with E-state index in [1.165, 1.54) is 0 Å². The van der Waals surface area contributed by atoms with Crippen LogP contribution in [0.2, 0.25) is 5.02 Å². The average Bonchev–Trinajstić information content (AvgIpc) is 3.28. The van der Waals surface area contributed by atoms with E-state index in [1.54, 1.807) is 23.1 Å². The Kier molecular flexibility index (Phi) is 4.80. The van der Waals surface area contributed by atoms with Gasteiger partial charge in [-0.1, -0.05) is 27.5 Å². The Hall–Kier alpha value is -2.82. The molecule has 1 spiro atoms. The second-order valence-corrected chi connectivity index (χ2v) is 9.42. The molecule has 6 nitrogen and oxygen atoms in total. The molecule has 0 atom stereocenters. The summed E-state index contributed by atoms with van der Waals surface area (Å²) in [6, 6.07) is 13.3. The van der Waals surface area contributed by atoms with Crippen LogP contribution in [0.15, 0.2) is 40.9 Å². The highest BCUT2D eigenvalue weighted by Gasteiger charge is 2.49. The van der Waals surface area contributed by atoms with Gasteiger partial charge in [-0.3, -0.25) is 9.59 Å². The van der Waals surface area contributed by atoms with Crippen LogP contribution in [0.25, 0.3) is 10.9 Å². The highest BCUT2D eigenvalue weighted by molar-refractivity contribution is 9.10. The number of aromatic nitrogens is 1. The van der Waals surface area contributed by atoms with Crippen LogP contribution in [0.5, 0.6) is 0 Å². The number of anilines is 1. The Balaban J connectivity index is 1.40. The van der Waals surface area contributed by atoms with Crippen molar-refractivity contribution in [2.24, 2.45) is 0 Å². The number of piperidine rings is 1. The first-order valence-corrected chi connectivity index (χ1v) is 11.2. The molecule has 1 aromatic heterocycles. The van der Waals surface area contributed by atoms with Crippen LogP contribution in [-0.2, 0) is 16.6 Å². The van der Waals surface area contributed by atoms with Gasteiger partial charge in [0.25, 0.3) is 5.91 Å². The molecule has 0 unspecified atom stereocenters. The van der Waals surface area contributed by atoms with E-state index < -0.39 is 5.41 Å². The Labute approximate surface area is 192 Å². The fourth-order valence-corrected chi connectivity index (χ4v) is 5.37. The number of nitrogens with one attached hydrogen (secondary N) is 2. The number of nitriles is 1. The first-order chi connectivity index (χ1) is 14.9. The lowest BCUT2D eigenvalue weighted by atomic mass is 9.73. The van der Waals surface area contributed by atoms with E-state index in [2.05, 4.69) is 32.3 Å². The minimum absolute atomic E-state index is 0.00842. The number of nitrogens with zero attached hydrogens (tertiary/aromatic N) is 2. The zero-order valence-electron chi connectivity index (χ0n) is 16.5. The fraction of sp³-hybridized carbons (Fsp3) is 0.261. The molecule has 1 saturated heterocycles. The van der Waals surface area contributed by atoms with Crippen molar-refractivity contribution in [3.8, 4) is 6.07 Å². The van der Waals surface area contributed by atoms with Crippen molar-refractivity contribution in [1.82, 2.24) is 9.88 Å². The maximum absolute atomic E-state index is 13.2. The topological polar surface area (TPSA) is 89.0 Å². The molecule has 0 aliphatic carbocycles. The van der Waals surface area contributed by atoms with Crippen LogP contribution in [0.4, 0.5) is 5.69 Å². The molecule has 2 aliphatic heterocycles. The quantitative estimate of drug-likeness (QED) is 0.534. The first kappa shape index (κ1) is 20.1. The van der Waals surface area contributed by atoms with E-state index >= 15 is 0 Å². The van der Waals surface area contributed by atoms with E-state index in [0.717, 1.165) is 32.2 Å². The lowest BCUT2D eigenvalue weighted by Gasteiger charge is -2.37. The molecule has 3 heterocycles. The van der Waals surface area contributed by atoms with E-state index in [9.17, 15) is 9.59 Å². The Bertz CT molecular complexity index is 1280. The van der Waals surface area contributed by atoms with Crippen molar-refractivity contribution >= 4 is 55.9 Å². The number of benzene rings is 2. The molecule has 2 N–H and O–H groups in total. The highest BCUT2D eigenvalue weighted by Crippen LogP contribution is 2.46. The maximum atomic E-state index is 13.2. The number of rotatable bonds is 2. The third kappa shape index (κ3) is 3.22. The van der Waals surface area contributed by atoms with Gasteiger partial charge in [-0.05, 0) is 60.4 Å². The zero-order valence-corrected chi connectivity index (χ0v) is 18.8. The molecule has 156 valence electrons. The second-order valence-electron chi connectivity index (χ2n) is 8.07. The largest absolute Gasteiger partial charge is 0.350 e. The van der Waals surface area contributed by atoms with Gasteiger partial charge in [0.1, 0.15) is 5.69 Å². The summed E-state index contributed by atoms with van der Waals surface area (Å²) in [6.45, 7) is 0.971. The van der Waals surface area contributed by atoms with Gasteiger partial charge in [0, 0.05) is 33.7 Å². The van der Waals surface area contributed by atoms with Gasteiger partial charge in [-0.2, -0.15) is 5.26 Å². The average molecular weight is 498 g/mol. The summed E-state index contributed by atoms with van der Waals surface area (Å²) in [5.41, 5.74) is 3.25. The van der Waals surface area contributed by atoms with Crippen molar-refractivity contribution in [3.63, 3.8) is 0 Å². The Morgan fingerprint density at radius 3 is 2.74 bits per heavy atom. The molecule has 2 amide bonds. The number of likely N-dealkylation sites (tertiary alicyclic amines) is 1. The van der Waals surface area contributed by atoms with Gasteiger partial charge in [0.05, 0.1) is 23.4 Å². The van der Waals surface area contributed by atoms with E-state index in [4.69, 9.17) is 16.9 Å². The van der Waals surface area contributed by atoms with E-state index in [1.807, 2.05) is 18.2 Å². The minimum atomic E-state index is -0.593. The van der Waals surface area contributed by atoms with Gasteiger partial charge in [-0.25, -0.2) is 0 Å². The number of hydrogen-bond donors (Lipinski definition) is 2. The predicted molar refractivity (Wildman–Crippen MR) is 122 cm³/mol. The summed E-state index contributed by atoms with van der Waals surface area (Å²) >= 11 is 9.67. The number of amides is 2. The summed E-state index contributed by atoms with van der Waals surface area (Å²) in [5.74, 6) is -0.105. The molecule has 2 aromatic carbocycles. The third-order valence-corrected chi connectivity index (χ3v) is 7.07. The normalized spacial score (nSPS) is 16.9. The number of carbonyl (C=O) groups excluding carboxylic acids is 2. The first-order valence-electron chi connectivity index (χ1n) is 10.0. The van der Waals surface area contributed by atoms with Gasteiger partial charge < -0.3 is 15.2 Å². The summed E-state index contributed by atoms with van der Waals surface area (Å²) in [5, 5.41) is 13.4. The Morgan fingerprint density at radius 1 is 1.23 bits per heavy atom. The second kappa shape index (κ2) is 7.40. The molecule has 0 radical (unpaired) electrons. The van der Waals surface area contributed by atoms with E-state index in [0.29, 0.717) is 36.6 Å². The lowest BCUT2D eigenvalue weighted by molar-refractivity contribution is -0.122. The smallest absolute Gasteiger partial charge is 0.270 e. The van der Waals surface area contributed by atoms with Crippen molar-refractivity contribution in [2.45, 2.75) is 24.7 Å². The monoisotopic (exact) mass is 496 g/mol. The summed E-state index contributed by atoms with van der Waals surface area (Å²) < 4.78 is 0.936. The number of fused-ring (bicyclic) bond motifs is 3. The van der Waals surface area contributed by atoms with Crippen LogP contribution in [0, 0.1) is 11.3 Å². The zero-order chi connectivity index (χ0) is 21.8. The molecule has 1 fully saturated rings.